The van der Waals surface area contributed by atoms with Crippen LogP contribution in [0.15, 0.2) is 35.7 Å². The van der Waals surface area contributed by atoms with Gasteiger partial charge in [-0.25, -0.2) is 9.78 Å². The van der Waals surface area contributed by atoms with E-state index in [0.29, 0.717) is 16.3 Å². The molecule has 0 bridgehead atoms. The molecule has 0 aliphatic rings. The topological polar surface area (TPSA) is 68.3 Å². The van der Waals surface area contributed by atoms with Gasteiger partial charge in [-0.05, 0) is 19.4 Å². The number of thiophene rings is 1. The number of esters is 1. The first-order valence-electron chi connectivity index (χ1n) is 8.00. The Kier molecular flexibility index (Phi) is 5.49. The predicted octanol–water partition coefficient (Wildman–Crippen LogP) is 4.80. The van der Waals surface area contributed by atoms with Crippen LogP contribution in [0, 0.1) is 13.8 Å². The summed E-state index contributed by atoms with van der Waals surface area (Å²) in [6.45, 7) is 5.27. The first kappa shape index (κ1) is 18.3. The lowest BCUT2D eigenvalue weighted by atomic mass is 10.1. The molecule has 1 N–H and O–H groups in total. The molecule has 3 aromatic rings. The summed E-state index contributed by atoms with van der Waals surface area (Å²) in [6, 6.07) is 9.86. The zero-order valence-corrected chi connectivity index (χ0v) is 16.3. The number of aromatic nitrogens is 1. The summed E-state index contributed by atoms with van der Waals surface area (Å²) in [4.78, 5) is 29.4. The van der Waals surface area contributed by atoms with Crippen molar-refractivity contribution in [1.29, 1.82) is 0 Å². The van der Waals surface area contributed by atoms with Crippen molar-refractivity contribution in [2.75, 3.05) is 5.32 Å². The molecule has 26 heavy (non-hydrogen) atoms. The van der Waals surface area contributed by atoms with Gasteiger partial charge in [0.25, 0.3) is 0 Å². The van der Waals surface area contributed by atoms with E-state index < -0.39 is 5.97 Å². The first-order valence-corrected chi connectivity index (χ1v) is 9.70. The molecular formula is C19H18N2O3S2. The first-order chi connectivity index (χ1) is 12.5. The maximum Gasteiger partial charge on any atom is 0.341 e. The van der Waals surface area contributed by atoms with Crippen LogP contribution in [0.3, 0.4) is 0 Å². The molecule has 0 spiro atoms. The molecule has 0 unspecified atom stereocenters. The van der Waals surface area contributed by atoms with E-state index in [1.165, 1.54) is 29.6 Å². The van der Waals surface area contributed by atoms with Crippen LogP contribution < -0.4 is 5.32 Å². The maximum atomic E-state index is 12.5. The van der Waals surface area contributed by atoms with Gasteiger partial charge in [-0.15, -0.1) is 22.7 Å². The number of carbonyl (C=O) groups is 2. The van der Waals surface area contributed by atoms with Gasteiger partial charge in [-0.2, -0.15) is 0 Å². The minimum Gasteiger partial charge on any atom is -0.455 e. The van der Waals surface area contributed by atoms with E-state index in [1.54, 1.807) is 0 Å². The van der Waals surface area contributed by atoms with Gasteiger partial charge in [-0.3, -0.25) is 4.79 Å². The van der Waals surface area contributed by atoms with Gasteiger partial charge in [-0.1, -0.05) is 30.3 Å². The SMILES string of the molecule is CC(=O)Nc1sc(C)c(C)c1C(=O)OCc1csc(-c2ccccc2)n1. The molecule has 0 saturated heterocycles. The summed E-state index contributed by atoms with van der Waals surface area (Å²) in [6.07, 6.45) is 0. The van der Waals surface area contributed by atoms with E-state index in [9.17, 15) is 9.59 Å². The minimum absolute atomic E-state index is 0.0933. The fourth-order valence-electron chi connectivity index (χ4n) is 2.42. The number of anilines is 1. The van der Waals surface area contributed by atoms with Gasteiger partial charge in [0.15, 0.2) is 0 Å². The van der Waals surface area contributed by atoms with E-state index >= 15 is 0 Å². The number of aryl methyl sites for hydroxylation is 1. The molecule has 3 rings (SSSR count). The second-order valence-corrected chi connectivity index (χ2v) is 7.84. The van der Waals surface area contributed by atoms with Gasteiger partial charge in [0.2, 0.25) is 5.91 Å². The van der Waals surface area contributed by atoms with E-state index in [-0.39, 0.29) is 12.5 Å². The van der Waals surface area contributed by atoms with Crippen LogP contribution in [-0.2, 0) is 16.1 Å². The number of hydrogen-bond acceptors (Lipinski definition) is 6. The van der Waals surface area contributed by atoms with Crippen LogP contribution in [0.4, 0.5) is 5.00 Å². The molecule has 0 saturated carbocycles. The van der Waals surface area contributed by atoms with Crippen molar-refractivity contribution in [3.63, 3.8) is 0 Å². The van der Waals surface area contributed by atoms with Crippen molar-refractivity contribution in [2.45, 2.75) is 27.4 Å². The van der Waals surface area contributed by atoms with Crippen LogP contribution in [-0.4, -0.2) is 16.9 Å². The number of amides is 1. The molecule has 0 radical (unpaired) electrons. The molecule has 0 fully saturated rings. The zero-order valence-electron chi connectivity index (χ0n) is 14.7. The second-order valence-electron chi connectivity index (χ2n) is 5.75. The zero-order chi connectivity index (χ0) is 18.7. The predicted molar refractivity (Wildman–Crippen MR) is 105 cm³/mol. The lowest BCUT2D eigenvalue weighted by Crippen LogP contribution is -2.12. The number of ether oxygens (including phenoxy) is 1. The van der Waals surface area contributed by atoms with Gasteiger partial charge < -0.3 is 10.1 Å². The van der Waals surface area contributed by atoms with Gasteiger partial charge in [0.05, 0.1) is 11.3 Å². The molecule has 1 amide bonds. The van der Waals surface area contributed by atoms with Crippen molar-refractivity contribution in [3.05, 3.63) is 57.4 Å². The van der Waals surface area contributed by atoms with Crippen molar-refractivity contribution >= 4 is 39.6 Å². The Labute approximate surface area is 159 Å². The third kappa shape index (κ3) is 4.00. The molecule has 0 aliphatic heterocycles. The maximum absolute atomic E-state index is 12.5. The fourth-order valence-corrected chi connectivity index (χ4v) is 4.32. The van der Waals surface area contributed by atoms with E-state index in [0.717, 1.165) is 21.0 Å². The van der Waals surface area contributed by atoms with E-state index in [2.05, 4.69) is 10.3 Å². The van der Waals surface area contributed by atoms with Crippen molar-refractivity contribution in [3.8, 4) is 10.6 Å². The minimum atomic E-state index is -0.454. The smallest absolute Gasteiger partial charge is 0.341 e. The Morgan fingerprint density at radius 2 is 1.92 bits per heavy atom. The van der Waals surface area contributed by atoms with Crippen molar-refractivity contribution < 1.29 is 14.3 Å². The Bertz CT molecular complexity index is 945. The third-order valence-electron chi connectivity index (χ3n) is 3.80. The van der Waals surface area contributed by atoms with Crippen LogP contribution in [0.2, 0.25) is 0 Å². The fraction of sp³-hybridized carbons (Fsp3) is 0.211. The Hall–Kier alpha value is -2.51. The summed E-state index contributed by atoms with van der Waals surface area (Å²) in [5.74, 6) is -0.669. The lowest BCUT2D eigenvalue weighted by molar-refractivity contribution is -0.114. The molecule has 0 atom stereocenters. The highest BCUT2D eigenvalue weighted by Gasteiger charge is 2.22. The average Bonchev–Trinajstić information content (AvgIpc) is 3.19. The van der Waals surface area contributed by atoms with Crippen LogP contribution in [0.25, 0.3) is 10.6 Å². The second kappa shape index (κ2) is 7.80. The third-order valence-corrected chi connectivity index (χ3v) is 5.87. The van der Waals surface area contributed by atoms with Crippen LogP contribution >= 0.6 is 22.7 Å². The van der Waals surface area contributed by atoms with Gasteiger partial charge in [0.1, 0.15) is 16.6 Å². The molecule has 7 heteroatoms. The van der Waals surface area contributed by atoms with Crippen LogP contribution in [0.1, 0.15) is 33.4 Å². The number of carbonyl (C=O) groups excluding carboxylic acids is 2. The highest BCUT2D eigenvalue weighted by atomic mass is 32.1. The quantitative estimate of drug-likeness (QED) is 0.639. The standard InChI is InChI=1S/C19H18N2O3S2/c1-11-12(2)26-18(20-13(3)22)16(11)19(23)24-9-15-10-25-17(21-15)14-7-5-4-6-8-14/h4-8,10H,9H2,1-3H3,(H,20,22). The molecule has 2 aromatic heterocycles. The lowest BCUT2D eigenvalue weighted by Gasteiger charge is -2.06. The Morgan fingerprint density at radius 3 is 2.62 bits per heavy atom. The summed E-state index contributed by atoms with van der Waals surface area (Å²) in [5, 5.41) is 6.01. The summed E-state index contributed by atoms with van der Waals surface area (Å²) in [5.41, 5.74) is 2.98. The van der Waals surface area contributed by atoms with Gasteiger partial charge in [0, 0.05) is 22.7 Å². The number of nitrogens with one attached hydrogen (secondary N) is 1. The molecule has 0 aliphatic carbocycles. The monoisotopic (exact) mass is 386 g/mol. The van der Waals surface area contributed by atoms with Gasteiger partial charge >= 0.3 is 5.97 Å². The summed E-state index contributed by atoms with van der Waals surface area (Å²) < 4.78 is 5.44. The Balaban J connectivity index is 1.72. The number of nitrogens with zero attached hydrogens (tertiary/aromatic N) is 1. The average molecular weight is 386 g/mol. The molecular weight excluding hydrogens is 368 g/mol. The Morgan fingerprint density at radius 1 is 1.19 bits per heavy atom. The highest BCUT2D eigenvalue weighted by Crippen LogP contribution is 2.33. The molecule has 2 heterocycles. The molecule has 5 nitrogen and oxygen atoms in total. The number of thiazole rings is 1. The van der Waals surface area contributed by atoms with Crippen molar-refractivity contribution in [1.82, 2.24) is 4.98 Å². The summed E-state index contributed by atoms with van der Waals surface area (Å²) >= 11 is 2.89. The molecule has 134 valence electrons. The van der Waals surface area contributed by atoms with E-state index in [1.807, 2.05) is 49.6 Å². The largest absolute Gasteiger partial charge is 0.455 e. The van der Waals surface area contributed by atoms with Crippen molar-refractivity contribution in [2.24, 2.45) is 0 Å². The number of rotatable bonds is 5. The number of hydrogen-bond donors (Lipinski definition) is 1. The van der Waals surface area contributed by atoms with Crippen LogP contribution in [0.5, 0.6) is 0 Å². The van der Waals surface area contributed by atoms with E-state index in [4.69, 9.17) is 4.74 Å². The number of benzene rings is 1. The highest BCUT2D eigenvalue weighted by molar-refractivity contribution is 7.16. The molecule has 1 aromatic carbocycles. The summed E-state index contributed by atoms with van der Waals surface area (Å²) in [7, 11) is 0. The normalized spacial score (nSPS) is 10.6.